The molecule has 2 aromatic carbocycles. The number of amides is 2. The zero-order valence-electron chi connectivity index (χ0n) is 18.4. The van der Waals surface area contributed by atoms with E-state index in [9.17, 15) is 9.59 Å². The first-order valence-corrected chi connectivity index (χ1v) is 10.4. The van der Waals surface area contributed by atoms with Crippen molar-refractivity contribution in [2.45, 2.75) is 60.0 Å². The van der Waals surface area contributed by atoms with E-state index in [0.29, 0.717) is 31.8 Å². The Kier molecular flexibility index (Phi) is 8.44. The van der Waals surface area contributed by atoms with Crippen LogP contribution in [0.25, 0.3) is 0 Å². The van der Waals surface area contributed by atoms with Crippen molar-refractivity contribution in [2.24, 2.45) is 5.92 Å². The van der Waals surface area contributed by atoms with Crippen LogP contribution < -0.4 is 5.32 Å². The van der Waals surface area contributed by atoms with Gasteiger partial charge in [-0.2, -0.15) is 0 Å². The third-order valence-corrected chi connectivity index (χ3v) is 5.04. The molecule has 0 unspecified atom stereocenters. The molecular formula is C25H34N2O2. The Bertz CT molecular complexity index is 812. The molecule has 2 rings (SSSR count). The van der Waals surface area contributed by atoms with Crippen molar-refractivity contribution in [2.75, 3.05) is 6.54 Å². The van der Waals surface area contributed by atoms with E-state index in [1.165, 1.54) is 5.56 Å². The third kappa shape index (κ3) is 7.37. The summed E-state index contributed by atoms with van der Waals surface area (Å²) in [5.41, 5.74) is 4.52. The number of carbonyl (C=O) groups excluding carboxylic acids is 2. The van der Waals surface area contributed by atoms with Gasteiger partial charge in [0.05, 0.1) is 0 Å². The van der Waals surface area contributed by atoms with Crippen molar-refractivity contribution in [3.05, 3.63) is 70.8 Å². The minimum Gasteiger partial charge on any atom is -0.354 e. The summed E-state index contributed by atoms with van der Waals surface area (Å²) in [5.74, 6) is 0.267. The van der Waals surface area contributed by atoms with Crippen molar-refractivity contribution < 1.29 is 9.59 Å². The van der Waals surface area contributed by atoms with E-state index in [0.717, 1.165) is 16.7 Å². The van der Waals surface area contributed by atoms with Crippen LogP contribution >= 0.6 is 0 Å². The van der Waals surface area contributed by atoms with E-state index in [4.69, 9.17) is 0 Å². The first-order chi connectivity index (χ1) is 13.8. The minimum absolute atomic E-state index is 0.000668. The maximum atomic E-state index is 13.1. The van der Waals surface area contributed by atoms with Gasteiger partial charge in [0.25, 0.3) is 0 Å². The Balaban J connectivity index is 2.12. The fraction of sp³-hybridized carbons (Fsp3) is 0.440. The van der Waals surface area contributed by atoms with Crippen LogP contribution in [-0.2, 0) is 22.6 Å². The predicted octanol–water partition coefficient (Wildman–Crippen LogP) is 4.43. The number of hydrogen-bond donors (Lipinski definition) is 1. The molecule has 0 saturated heterocycles. The fourth-order valence-electron chi connectivity index (χ4n) is 3.19. The Morgan fingerprint density at radius 2 is 1.62 bits per heavy atom. The first kappa shape index (κ1) is 22.7. The summed E-state index contributed by atoms with van der Waals surface area (Å²) in [6, 6.07) is 15.8. The largest absolute Gasteiger partial charge is 0.354 e. The molecule has 2 aromatic rings. The summed E-state index contributed by atoms with van der Waals surface area (Å²) < 4.78 is 0. The van der Waals surface area contributed by atoms with Gasteiger partial charge in [0.1, 0.15) is 6.04 Å². The van der Waals surface area contributed by atoms with E-state index in [2.05, 4.69) is 56.4 Å². The van der Waals surface area contributed by atoms with Crippen molar-refractivity contribution in [1.82, 2.24) is 10.2 Å². The van der Waals surface area contributed by atoms with Gasteiger partial charge in [0, 0.05) is 19.5 Å². The highest BCUT2D eigenvalue weighted by molar-refractivity contribution is 5.87. The van der Waals surface area contributed by atoms with E-state index in [1.54, 1.807) is 4.90 Å². The topological polar surface area (TPSA) is 49.4 Å². The molecule has 0 aromatic heterocycles. The van der Waals surface area contributed by atoms with Gasteiger partial charge < -0.3 is 10.2 Å². The van der Waals surface area contributed by atoms with Crippen LogP contribution in [0, 0.1) is 19.8 Å². The third-order valence-electron chi connectivity index (χ3n) is 5.04. The molecule has 1 atom stereocenters. The maximum absolute atomic E-state index is 13.1. The average molecular weight is 395 g/mol. The van der Waals surface area contributed by atoms with Gasteiger partial charge in [0.15, 0.2) is 0 Å². The maximum Gasteiger partial charge on any atom is 0.242 e. The highest BCUT2D eigenvalue weighted by Crippen LogP contribution is 2.14. The lowest BCUT2D eigenvalue weighted by Crippen LogP contribution is -2.48. The van der Waals surface area contributed by atoms with Gasteiger partial charge in [-0.1, -0.05) is 73.5 Å². The van der Waals surface area contributed by atoms with E-state index in [-0.39, 0.29) is 11.8 Å². The van der Waals surface area contributed by atoms with Crippen LogP contribution in [0.5, 0.6) is 0 Å². The second kappa shape index (κ2) is 10.8. The molecule has 0 spiro atoms. The van der Waals surface area contributed by atoms with Crippen molar-refractivity contribution >= 4 is 11.8 Å². The Hall–Kier alpha value is -2.62. The summed E-state index contributed by atoms with van der Waals surface area (Å²) in [4.78, 5) is 27.5. The average Bonchev–Trinajstić information content (AvgIpc) is 2.69. The zero-order chi connectivity index (χ0) is 21.4. The lowest BCUT2D eigenvalue weighted by atomic mass is 10.1. The van der Waals surface area contributed by atoms with Crippen LogP contribution in [0.15, 0.2) is 48.5 Å². The monoisotopic (exact) mass is 394 g/mol. The highest BCUT2D eigenvalue weighted by Gasteiger charge is 2.26. The molecule has 0 fully saturated rings. The van der Waals surface area contributed by atoms with E-state index >= 15 is 0 Å². The molecule has 29 heavy (non-hydrogen) atoms. The lowest BCUT2D eigenvalue weighted by molar-refractivity contribution is -0.140. The van der Waals surface area contributed by atoms with Gasteiger partial charge in [-0.05, 0) is 44.2 Å². The van der Waals surface area contributed by atoms with Crippen LogP contribution in [0.4, 0.5) is 0 Å². The van der Waals surface area contributed by atoms with Crippen molar-refractivity contribution in [3.8, 4) is 0 Å². The summed E-state index contributed by atoms with van der Waals surface area (Å²) >= 11 is 0. The first-order valence-electron chi connectivity index (χ1n) is 10.4. The number of hydrogen-bond acceptors (Lipinski definition) is 2. The normalized spacial score (nSPS) is 11.9. The molecule has 4 nitrogen and oxygen atoms in total. The fourth-order valence-corrected chi connectivity index (χ4v) is 3.19. The number of rotatable bonds is 9. The summed E-state index contributed by atoms with van der Waals surface area (Å²) in [5, 5.41) is 2.96. The van der Waals surface area contributed by atoms with Gasteiger partial charge in [-0.3, -0.25) is 9.59 Å². The van der Waals surface area contributed by atoms with E-state index < -0.39 is 6.04 Å². The standard InChI is InChI=1S/C25H34N2O2/c1-18(2)16-26-25(29)21(5)27(17-23-8-6-7-20(4)15-23)24(28)14-13-22-11-9-19(3)10-12-22/h6-12,15,18,21H,13-14,16-17H2,1-5H3,(H,26,29)/t21-/m1/s1. The molecule has 0 bridgehead atoms. The molecule has 0 aliphatic rings. The molecule has 1 N–H and O–H groups in total. The zero-order valence-corrected chi connectivity index (χ0v) is 18.4. The van der Waals surface area contributed by atoms with Gasteiger partial charge in [-0.15, -0.1) is 0 Å². The lowest BCUT2D eigenvalue weighted by Gasteiger charge is -2.29. The van der Waals surface area contributed by atoms with Crippen molar-refractivity contribution in [1.29, 1.82) is 0 Å². The molecule has 0 saturated carbocycles. The highest BCUT2D eigenvalue weighted by atomic mass is 16.2. The number of carbonyl (C=O) groups is 2. The Labute approximate surface area is 175 Å². The van der Waals surface area contributed by atoms with Gasteiger partial charge in [0.2, 0.25) is 11.8 Å². The second-order valence-electron chi connectivity index (χ2n) is 8.31. The van der Waals surface area contributed by atoms with Gasteiger partial charge >= 0.3 is 0 Å². The van der Waals surface area contributed by atoms with Gasteiger partial charge in [-0.25, -0.2) is 0 Å². The Morgan fingerprint density at radius 3 is 2.24 bits per heavy atom. The molecule has 2 amide bonds. The minimum atomic E-state index is -0.514. The van der Waals surface area contributed by atoms with Crippen LogP contribution in [0.3, 0.4) is 0 Å². The number of nitrogens with one attached hydrogen (secondary N) is 1. The number of aryl methyl sites for hydroxylation is 3. The van der Waals surface area contributed by atoms with Crippen molar-refractivity contribution in [3.63, 3.8) is 0 Å². The predicted molar refractivity (Wildman–Crippen MR) is 119 cm³/mol. The Morgan fingerprint density at radius 1 is 0.931 bits per heavy atom. The summed E-state index contributed by atoms with van der Waals surface area (Å²) in [6.45, 7) is 11.1. The quantitative estimate of drug-likeness (QED) is 0.684. The molecule has 0 aliphatic heterocycles. The molecule has 4 heteroatoms. The van der Waals surface area contributed by atoms with Crippen LogP contribution in [0.2, 0.25) is 0 Å². The molecule has 156 valence electrons. The SMILES string of the molecule is Cc1ccc(CCC(=O)N(Cc2cccc(C)c2)[C@H](C)C(=O)NCC(C)C)cc1. The smallest absolute Gasteiger partial charge is 0.242 e. The second-order valence-corrected chi connectivity index (χ2v) is 8.31. The molecule has 0 radical (unpaired) electrons. The van der Waals surface area contributed by atoms with Crippen LogP contribution in [0.1, 0.15) is 49.4 Å². The van der Waals surface area contributed by atoms with Crippen LogP contribution in [-0.4, -0.2) is 29.3 Å². The molecule has 0 heterocycles. The molecular weight excluding hydrogens is 360 g/mol. The molecule has 0 aliphatic carbocycles. The van der Waals surface area contributed by atoms with E-state index in [1.807, 2.05) is 32.0 Å². The number of benzene rings is 2. The summed E-state index contributed by atoms with van der Waals surface area (Å²) in [7, 11) is 0. The number of nitrogens with zero attached hydrogens (tertiary/aromatic N) is 1. The summed E-state index contributed by atoms with van der Waals surface area (Å²) in [6.07, 6.45) is 1.06.